The van der Waals surface area contributed by atoms with Gasteiger partial charge in [0.15, 0.2) is 5.65 Å². The van der Waals surface area contributed by atoms with Crippen LogP contribution in [0.4, 0.5) is 0 Å². The van der Waals surface area contributed by atoms with Gasteiger partial charge in [0.2, 0.25) is 5.91 Å². The van der Waals surface area contributed by atoms with Gasteiger partial charge in [-0.25, -0.2) is 4.98 Å². The van der Waals surface area contributed by atoms with Crippen LogP contribution in [0.3, 0.4) is 0 Å². The monoisotopic (exact) mass is 394 g/mol. The second-order valence-electron chi connectivity index (χ2n) is 7.54. The highest BCUT2D eigenvalue weighted by atomic mass is 32.1. The topological polar surface area (TPSA) is 58.6 Å². The van der Waals surface area contributed by atoms with Crippen molar-refractivity contribution in [3.05, 3.63) is 48.2 Å². The molecule has 5 heterocycles. The fraction of sp³-hybridized carbons (Fsp3) is 0.381. The van der Waals surface area contributed by atoms with E-state index in [1.54, 1.807) is 13.1 Å². The molecular formula is C21H22N4O2S. The third kappa shape index (κ3) is 3.36. The van der Waals surface area contributed by atoms with E-state index in [9.17, 15) is 4.79 Å². The van der Waals surface area contributed by atoms with Crippen molar-refractivity contribution in [1.82, 2.24) is 19.8 Å². The summed E-state index contributed by atoms with van der Waals surface area (Å²) in [6, 6.07) is 13.0. The van der Waals surface area contributed by atoms with Crippen LogP contribution in [-0.2, 0) is 11.3 Å². The number of fused-ring (bicyclic) bond motifs is 4. The zero-order valence-electron chi connectivity index (χ0n) is 15.7. The predicted octanol–water partition coefficient (Wildman–Crippen LogP) is 3.68. The molecule has 1 amide bonds. The van der Waals surface area contributed by atoms with Crippen LogP contribution in [0.25, 0.3) is 10.3 Å². The molecule has 144 valence electrons. The number of aromatic nitrogens is 2. The van der Waals surface area contributed by atoms with E-state index in [2.05, 4.69) is 31.9 Å². The Morgan fingerprint density at radius 2 is 2.00 bits per heavy atom. The molecule has 0 spiro atoms. The Morgan fingerprint density at radius 1 is 1.18 bits per heavy atom. The standard InChI is InChI=1S/C21H22N4O2S/c1-14(26)25-13-16-6-7-17(25)12-24(16)11-15-4-8-18(9-5-15)27-21-23-20-19(28-21)3-2-10-22-20/h2-5,8-10,16-17H,6-7,11-13H2,1H3/t16-,17-/m0/s1. The Balaban J connectivity index is 1.24. The van der Waals surface area contributed by atoms with E-state index in [4.69, 9.17) is 4.74 Å². The van der Waals surface area contributed by atoms with Gasteiger partial charge in [-0.15, -0.1) is 0 Å². The average Bonchev–Trinajstić information content (AvgIpc) is 3.12. The second-order valence-corrected chi connectivity index (χ2v) is 8.53. The second kappa shape index (κ2) is 7.14. The Morgan fingerprint density at radius 3 is 2.71 bits per heavy atom. The number of piperazine rings is 1. The first-order chi connectivity index (χ1) is 13.7. The van der Waals surface area contributed by atoms with Gasteiger partial charge in [-0.3, -0.25) is 9.69 Å². The van der Waals surface area contributed by atoms with Gasteiger partial charge < -0.3 is 9.64 Å². The third-order valence-corrected chi connectivity index (χ3v) is 6.59. The van der Waals surface area contributed by atoms with Gasteiger partial charge in [-0.2, -0.15) is 4.98 Å². The summed E-state index contributed by atoms with van der Waals surface area (Å²) in [5.74, 6) is 0.992. The molecule has 2 bridgehead atoms. The van der Waals surface area contributed by atoms with E-state index in [-0.39, 0.29) is 5.91 Å². The van der Waals surface area contributed by atoms with Gasteiger partial charge >= 0.3 is 0 Å². The van der Waals surface area contributed by atoms with Crippen molar-refractivity contribution in [3.8, 4) is 10.9 Å². The van der Waals surface area contributed by atoms with E-state index in [1.165, 1.54) is 23.3 Å². The molecule has 0 unspecified atom stereocenters. The number of benzene rings is 1. The molecule has 3 aromatic rings. The summed E-state index contributed by atoms with van der Waals surface area (Å²) in [5.41, 5.74) is 1.99. The lowest BCUT2D eigenvalue weighted by atomic mass is 9.90. The molecular weight excluding hydrogens is 372 g/mol. The Bertz CT molecular complexity index is 970. The molecule has 0 N–H and O–H groups in total. The lowest BCUT2D eigenvalue weighted by molar-refractivity contribution is -0.139. The van der Waals surface area contributed by atoms with Gasteiger partial charge in [0.1, 0.15) is 5.75 Å². The number of hydrogen-bond donors (Lipinski definition) is 0. The molecule has 3 aliphatic rings. The van der Waals surface area contributed by atoms with Crippen molar-refractivity contribution >= 4 is 27.6 Å². The molecule has 3 saturated heterocycles. The summed E-state index contributed by atoms with van der Waals surface area (Å²) in [6.45, 7) is 4.44. The molecule has 3 aliphatic heterocycles. The number of thiazole rings is 1. The third-order valence-electron chi connectivity index (χ3n) is 5.71. The molecule has 6 nitrogen and oxygen atoms in total. The molecule has 0 aliphatic carbocycles. The number of hydrogen-bond acceptors (Lipinski definition) is 6. The summed E-state index contributed by atoms with van der Waals surface area (Å²) in [5, 5.41) is 0.610. The minimum atomic E-state index is 0.209. The number of carbonyl (C=O) groups is 1. The van der Waals surface area contributed by atoms with Gasteiger partial charge in [-0.05, 0) is 42.7 Å². The van der Waals surface area contributed by atoms with E-state index in [0.717, 1.165) is 42.2 Å². The van der Waals surface area contributed by atoms with Crippen molar-refractivity contribution in [1.29, 1.82) is 0 Å². The van der Waals surface area contributed by atoms with Crippen LogP contribution in [0.15, 0.2) is 42.6 Å². The first-order valence-corrected chi connectivity index (χ1v) is 10.5. The molecule has 3 fully saturated rings. The quantitative estimate of drug-likeness (QED) is 0.676. The van der Waals surface area contributed by atoms with Crippen LogP contribution >= 0.6 is 11.3 Å². The number of rotatable bonds is 4. The molecule has 7 heteroatoms. The van der Waals surface area contributed by atoms with Gasteiger partial charge in [-0.1, -0.05) is 23.5 Å². The molecule has 0 radical (unpaired) electrons. The molecule has 0 saturated carbocycles. The van der Waals surface area contributed by atoms with Gasteiger partial charge in [0.05, 0.1) is 4.70 Å². The fourth-order valence-electron chi connectivity index (χ4n) is 4.29. The number of piperidine rings is 2. The lowest BCUT2D eigenvalue weighted by Crippen LogP contribution is -2.63. The summed E-state index contributed by atoms with van der Waals surface area (Å²) in [4.78, 5) is 25.0. The Kier molecular flexibility index (Phi) is 4.49. The lowest BCUT2D eigenvalue weighted by Gasteiger charge is -2.51. The Hall–Kier alpha value is -2.51. The molecule has 2 aromatic heterocycles. The molecule has 6 rings (SSSR count). The van der Waals surface area contributed by atoms with E-state index in [1.807, 2.05) is 24.3 Å². The predicted molar refractivity (Wildman–Crippen MR) is 109 cm³/mol. The normalized spacial score (nSPS) is 22.0. The summed E-state index contributed by atoms with van der Waals surface area (Å²) >= 11 is 1.50. The number of carbonyl (C=O) groups excluding carboxylic acids is 1. The van der Waals surface area contributed by atoms with Gasteiger partial charge in [0.25, 0.3) is 5.19 Å². The zero-order valence-corrected chi connectivity index (χ0v) is 16.6. The summed E-state index contributed by atoms with van der Waals surface area (Å²) < 4.78 is 6.93. The van der Waals surface area contributed by atoms with E-state index >= 15 is 0 Å². The maximum Gasteiger partial charge on any atom is 0.281 e. The van der Waals surface area contributed by atoms with Crippen LogP contribution in [-0.4, -0.2) is 50.8 Å². The van der Waals surface area contributed by atoms with Crippen molar-refractivity contribution in [3.63, 3.8) is 0 Å². The highest BCUT2D eigenvalue weighted by Gasteiger charge is 2.39. The summed E-state index contributed by atoms with van der Waals surface area (Å²) in [7, 11) is 0. The highest BCUT2D eigenvalue weighted by molar-refractivity contribution is 7.20. The fourth-order valence-corrected chi connectivity index (χ4v) is 5.08. The van der Waals surface area contributed by atoms with Crippen molar-refractivity contribution in [2.45, 2.75) is 38.4 Å². The van der Waals surface area contributed by atoms with Crippen molar-refractivity contribution < 1.29 is 9.53 Å². The number of nitrogens with zero attached hydrogens (tertiary/aromatic N) is 4. The summed E-state index contributed by atoms with van der Waals surface area (Å²) in [6.07, 6.45) is 4.05. The SMILES string of the molecule is CC(=O)N1C[C@@H]2CC[C@H]1CN2Cc1ccc(Oc2nc3ncccc3s2)cc1. The van der Waals surface area contributed by atoms with Gasteiger partial charge in [0, 0.05) is 44.8 Å². The molecule has 2 atom stereocenters. The first-order valence-electron chi connectivity index (χ1n) is 9.65. The van der Waals surface area contributed by atoms with Crippen LogP contribution in [0, 0.1) is 0 Å². The number of pyridine rings is 1. The molecule has 1 aromatic carbocycles. The van der Waals surface area contributed by atoms with Crippen LogP contribution in [0.2, 0.25) is 0 Å². The highest BCUT2D eigenvalue weighted by Crippen LogP contribution is 2.32. The number of ether oxygens (including phenoxy) is 1. The number of amides is 1. The average molecular weight is 395 g/mol. The largest absolute Gasteiger partial charge is 0.431 e. The minimum Gasteiger partial charge on any atom is -0.431 e. The Labute approximate surface area is 167 Å². The minimum absolute atomic E-state index is 0.209. The molecule has 28 heavy (non-hydrogen) atoms. The van der Waals surface area contributed by atoms with Crippen molar-refractivity contribution in [2.75, 3.05) is 13.1 Å². The van der Waals surface area contributed by atoms with Crippen LogP contribution in [0.5, 0.6) is 10.9 Å². The maximum atomic E-state index is 11.8. The maximum absolute atomic E-state index is 11.8. The smallest absolute Gasteiger partial charge is 0.281 e. The van der Waals surface area contributed by atoms with Crippen LogP contribution < -0.4 is 4.74 Å². The first kappa shape index (κ1) is 17.6. The van der Waals surface area contributed by atoms with Crippen molar-refractivity contribution in [2.24, 2.45) is 0 Å². The van der Waals surface area contributed by atoms with Crippen LogP contribution in [0.1, 0.15) is 25.3 Å². The van der Waals surface area contributed by atoms with E-state index in [0.29, 0.717) is 17.3 Å². The zero-order chi connectivity index (χ0) is 19.1. The van der Waals surface area contributed by atoms with E-state index < -0.39 is 0 Å².